The fourth-order valence-electron chi connectivity index (χ4n) is 7.94. The number of para-hydroxylation sites is 1. The second kappa shape index (κ2) is 11.3. The second-order valence-corrected chi connectivity index (χ2v) is 12.8. The first-order chi connectivity index (χ1) is 21.1. The molecule has 2 aromatic carbocycles. The first kappa shape index (κ1) is 30.3. The average molecular weight is 598 g/mol. The van der Waals surface area contributed by atoms with Crippen molar-refractivity contribution in [3.63, 3.8) is 0 Å². The van der Waals surface area contributed by atoms with Crippen LogP contribution in [-0.2, 0) is 19.1 Å². The zero-order chi connectivity index (χ0) is 31.4. The Kier molecular flexibility index (Phi) is 7.79. The quantitative estimate of drug-likeness (QED) is 0.472. The van der Waals surface area contributed by atoms with Crippen LogP contribution in [0.2, 0.25) is 0 Å². The summed E-state index contributed by atoms with van der Waals surface area (Å²) in [6.07, 6.45) is 8.86. The lowest BCUT2D eigenvalue weighted by atomic mass is 9.73. The molecule has 4 aliphatic heterocycles. The molecule has 1 N–H and O–H groups in total. The number of aliphatic hydroxyl groups is 1. The molecule has 232 valence electrons. The van der Waals surface area contributed by atoms with Gasteiger partial charge in [0.05, 0.1) is 30.1 Å². The molecule has 4 heterocycles. The fourth-order valence-corrected chi connectivity index (χ4v) is 7.94. The van der Waals surface area contributed by atoms with Crippen molar-refractivity contribution in [3.05, 3.63) is 84.0 Å². The number of nitrogens with zero attached hydrogens (tertiary/aromatic N) is 3. The minimum absolute atomic E-state index is 0.0875. The molecule has 7 atom stereocenters. The van der Waals surface area contributed by atoms with E-state index >= 15 is 0 Å². The molecule has 3 amide bonds. The molecular weight excluding hydrogens is 554 g/mol. The number of anilines is 2. The number of likely N-dealkylation sites (tertiary alicyclic amines) is 1. The number of fused-ring (bicyclic) bond motifs is 2. The van der Waals surface area contributed by atoms with E-state index in [1.807, 2.05) is 107 Å². The van der Waals surface area contributed by atoms with Gasteiger partial charge in [0.2, 0.25) is 11.8 Å². The topological polar surface area (TPSA) is 90.4 Å². The summed E-state index contributed by atoms with van der Waals surface area (Å²) in [5.41, 5.74) is 1.03. The number of hydrogen-bond acceptors (Lipinski definition) is 5. The Morgan fingerprint density at radius 3 is 2.30 bits per heavy atom. The third-order valence-corrected chi connectivity index (χ3v) is 10.4. The third-order valence-electron chi connectivity index (χ3n) is 10.4. The Hall–Kier alpha value is -3.75. The van der Waals surface area contributed by atoms with Gasteiger partial charge < -0.3 is 24.5 Å². The van der Waals surface area contributed by atoms with Crippen molar-refractivity contribution in [2.24, 2.45) is 17.8 Å². The highest BCUT2D eigenvalue weighted by molar-refractivity contribution is 6.08. The van der Waals surface area contributed by atoms with Crippen LogP contribution in [0.3, 0.4) is 0 Å². The number of carbonyl (C=O) groups is 3. The summed E-state index contributed by atoms with van der Waals surface area (Å²) >= 11 is 0. The normalized spacial score (nSPS) is 31.0. The van der Waals surface area contributed by atoms with E-state index in [0.717, 1.165) is 22.5 Å². The van der Waals surface area contributed by atoms with E-state index in [1.165, 1.54) is 0 Å². The molecule has 0 aliphatic carbocycles. The third kappa shape index (κ3) is 4.37. The first-order valence-electron chi connectivity index (χ1n) is 15.9. The Balaban J connectivity index is 1.54. The van der Waals surface area contributed by atoms with E-state index in [4.69, 9.17) is 4.74 Å². The van der Waals surface area contributed by atoms with Crippen LogP contribution < -0.4 is 9.80 Å². The number of rotatable bonds is 7. The van der Waals surface area contributed by atoms with Gasteiger partial charge in [0.15, 0.2) is 0 Å². The molecule has 44 heavy (non-hydrogen) atoms. The van der Waals surface area contributed by atoms with Gasteiger partial charge in [-0.15, -0.1) is 0 Å². The van der Waals surface area contributed by atoms with Gasteiger partial charge in [0, 0.05) is 24.5 Å². The Bertz CT molecular complexity index is 1520. The molecule has 2 saturated heterocycles. The highest BCUT2D eigenvalue weighted by Gasteiger charge is 2.76. The minimum Gasteiger partial charge on any atom is -0.394 e. The van der Waals surface area contributed by atoms with Crippen LogP contribution in [0.4, 0.5) is 11.4 Å². The van der Waals surface area contributed by atoms with Gasteiger partial charge in [-0.1, -0.05) is 81.8 Å². The van der Waals surface area contributed by atoms with E-state index < -0.39 is 35.1 Å². The van der Waals surface area contributed by atoms with Crippen molar-refractivity contribution in [3.8, 4) is 0 Å². The Labute approximate surface area is 260 Å². The maximum atomic E-state index is 15.0. The molecule has 0 aromatic heterocycles. The number of ether oxygens (including phenoxy) is 1. The predicted molar refractivity (Wildman–Crippen MR) is 170 cm³/mol. The van der Waals surface area contributed by atoms with Crippen molar-refractivity contribution in [1.82, 2.24) is 4.90 Å². The zero-order valence-corrected chi connectivity index (χ0v) is 26.3. The molecule has 1 unspecified atom stereocenters. The number of benzene rings is 2. The maximum absolute atomic E-state index is 15.0. The molecule has 0 bridgehead atoms. The van der Waals surface area contributed by atoms with Crippen molar-refractivity contribution in [2.75, 3.05) is 29.5 Å². The summed E-state index contributed by atoms with van der Waals surface area (Å²) < 4.78 is 7.14. The van der Waals surface area contributed by atoms with Crippen LogP contribution in [0.1, 0.15) is 44.7 Å². The van der Waals surface area contributed by atoms with Crippen molar-refractivity contribution < 1.29 is 24.2 Å². The van der Waals surface area contributed by atoms with Crippen LogP contribution in [-0.4, -0.2) is 70.7 Å². The van der Waals surface area contributed by atoms with Crippen LogP contribution >= 0.6 is 0 Å². The molecule has 0 saturated carbocycles. The fraction of sp³-hybridized carbons (Fsp3) is 0.472. The molecule has 1 spiro atoms. The van der Waals surface area contributed by atoms with Gasteiger partial charge in [-0.25, -0.2) is 0 Å². The van der Waals surface area contributed by atoms with Crippen LogP contribution in [0.15, 0.2) is 72.8 Å². The number of amides is 3. The summed E-state index contributed by atoms with van der Waals surface area (Å²) in [7, 11) is 0. The van der Waals surface area contributed by atoms with Gasteiger partial charge in [0.25, 0.3) is 5.91 Å². The first-order valence-corrected chi connectivity index (χ1v) is 15.9. The second-order valence-electron chi connectivity index (χ2n) is 12.8. The van der Waals surface area contributed by atoms with Gasteiger partial charge in [-0.2, -0.15) is 0 Å². The number of hydrogen-bond donors (Lipinski definition) is 1. The maximum Gasteiger partial charge on any atom is 0.253 e. The molecule has 8 nitrogen and oxygen atoms in total. The number of aryl methyl sites for hydroxylation is 2. The molecule has 0 radical (unpaired) electrons. The standard InChI is InChI=1S/C36H43N3O5/c1-6-24(4)28(22-40)39-31-34(43)38(27-21-23(3)15-16-25(27)5)20-12-18-36(31)30(33(39)42)29-32(41)37(26-13-9-8-10-14-26)19-11-17-35(29,7-2)44-36/h8-18,21,24,28-31,40H,6-7,19-20,22H2,1-5H3/t24-,28-,29+,30-,31?,35-,36-/m0/s1. The Morgan fingerprint density at radius 1 is 0.909 bits per heavy atom. The van der Waals surface area contributed by atoms with Gasteiger partial charge in [-0.05, 0) is 55.5 Å². The van der Waals surface area contributed by atoms with Crippen molar-refractivity contribution >= 4 is 29.1 Å². The smallest absolute Gasteiger partial charge is 0.253 e. The lowest BCUT2D eigenvalue weighted by molar-refractivity contribution is -0.150. The SMILES string of the molecule is CC[C@H](C)[C@H](CO)N1C(=O)[C@@H]2[C@@H]3C(=O)N(c4ccccc4)CC=C[C@]3(CC)O[C@@]23C=CCN(c2cc(C)ccc2C)C(=O)C13. The summed E-state index contributed by atoms with van der Waals surface area (Å²) in [5.74, 6) is -2.65. The van der Waals surface area contributed by atoms with Gasteiger partial charge >= 0.3 is 0 Å². The van der Waals surface area contributed by atoms with Crippen molar-refractivity contribution in [2.45, 2.75) is 70.7 Å². The molecule has 2 aromatic rings. The molecular formula is C36H43N3O5. The lowest BCUT2D eigenvalue weighted by Gasteiger charge is -2.42. The summed E-state index contributed by atoms with van der Waals surface area (Å²) in [5, 5.41) is 10.7. The number of aliphatic hydroxyl groups excluding tert-OH is 1. The van der Waals surface area contributed by atoms with Crippen LogP contribution in [0, 0.1) is 31.6 Å². The van der Waals surface area contributed by atoms with E-state index in [0.29, 0.717) is 25.9 Å². The molecule has 8 heteroatoms. The predicted octanol–water partition coefficient (Wildman–Crippen LogP) is 4.58. The summed E-state index contributed by atoms with van der Waals surface area (Å²) in [4.78, 5) is 49.6. The van der Waals surface area contributed by atoms with Crippen LogP contribution in [0.25, 0.3) is 0 Å². The number of carbonyl (C=O) groups excluding carboxylic acids is 3. The van der Waals surface area contributed by atoms with E-state index in [-0.39, 0.29) is 30.2 Å². The lowest BCUT2D eigenvalue weighted by Crippen LogP contribution is -2.60. The molecule has 6 rings (SSSR count). The van der Waals surface area contributed by atoms with E-state index in [9.17, 15) is 19.5 Å². The van der Waals surface area contributed by atoms with Crippen LogP contribution in [0.5, 0.6) is 0 Å². The highest BCUT2D eigenvalue weighted by atomic mass is 16.5. The van der Waals surface area contributed by atoms with Gasteiger partial charge in [-0.3, -0.25) is 14.4 Å². The highest BCUT2D eigenvalue weighted by Crippen LogP contribution is 2.59. The van der Waals surface area contributed by atoms with Gasteiger partial charge in [0.1, 0.15) is 11.6 Å². The largest absolute Gasteiger partial charge is 0.394 e. The van der Waals surface area contributed by atoms with Crippen molar-refractivity contribution in [1.29, 1.82) is 0 Å². The molecule has 2 fully saturated rings. The molecule has 4 aliphatic rings. The van der Waals surface area contributed by atoms with E-state index in [1.54, 1.807) is 14.7 Å². The zero-order valence-electron chi connectivity index (χ0n) is 26.3. The Morgan fingerprint density at radius 2 is 1.61 bits per heavy atom. The summed E-state index contributed by atoms with van der Waals surface area (Å²) in [6, 6.07) is 13.8. The average Bonchev–Trinajstić information content (AvgIpc) is 3.32. The van der Waals surface area contributed by atoms with E-state index in [2.05, 4.69) is 0 Å². The summed E-state index contributed by atoms with van der Waals surface area (Å²) in [6.45, 7) is 10.3. The minimum atomic E-state index is -1.39. The monoisotopic (exact) mass is 597 g/mol.